The Bertz CT molecular complexity index is 757. The number of amides is 1. The summed E-state index contributed by atoms with van der Waals surface area (Å²) in [7, 11) is 0.0450. The van der Waals surface area contributed by atoms with E-state index in [9.17, 15) is 13.2 Å². The van der Waals surface area contributed by atoms with Gasteiger partial charge in [0.05, 0.1) is 26.0 Å². The summed E-state index contributed by atoms with van der Waals surface area (Å²) < 4.78 is 33.7. The minimum Gasteiger partial charge on any atom is -0.493 e. The van der Waals surface area contributed by atoms with Crippen molar-refractivity contribution in [3.05, 3.63) is 23.3 Å². The minimum absolute atomic E-state index is 0.0239. The zero-order valence-electron chi connectivity index (χ0n) is 16.2. The van der Waals surface area contributed by atoms with E-state index in [4.69, 9.17) is 9.47 Å². The molecule has 0 bridgehead atoms. The second kappa shape index (κ2) is 8.29. The zero-order chi connectivity index (χ0) is 19.5. The molecular weight excluding hydrogens is 354 g/mol. The molecule has 0 spiro atoms. The lowest BCUT2D eigenvalue weighted by atomic mass is 9.87. The van der Waals surface area contributed by atoms with Gasteiger partial charge in [-0.1, -0.05) is 13.8 Å². The third-order valence-electron chi connectivity index (χ3n) is 4.70. The van der Waals surface area contributed by atoms with Crippen molar-refractivity contribution in [1.29, 1.82) is 0 Å². The Hall–Kier alpha value is -1.76. The van der Waals surface area contributed by atoms with Gasteiger partial charge in [-0.25, -0.2) is 8.42 Å². The van der Waals surface area contributed by atoms with E-state index in [1.165, 1.54) is 0 Å². The first kappa shape index (κ1) is 20.6. The molecule has 1 aromatic carbocycles. The maximum absolute atomic E-state index is 12.7. The molecule has 2 rings (SSSR count). The Balaban J connectivity index is 2.37. The normalized spacial score (nSPS) is 17.2. The molecule has 1 aliphatic rings. The smallest absolute Gasteiger partial charge is 0.224 e. The van der Waals surface area contributed by atoms with Crippen molar-refractivity contribution < 1.29 is 22.7 Å². The van der Waals surface area contributed by atoms with Crippen LogP contribution in [0.4, 0.5) is 0 Å². The van der Waals surface area contributed by atoms with Crippen molar-refractivity contribution in [3.8, 4) is 11.5 Å². The fraction of sp³-hybridized carbons (Fsp3) is 0.632. The number of ether oxygens (including phenoxy) is 2. The van der Waals surface area contributed by atoms with Crippen LogP contribution in [0.3, 0.4) is 0 Å². The van der Waals surface area contributed by atoms with Crippen molar-refractivity contribution in [2.24, 2.45) is 5.92 Å². The van der Waals surface area contributed by atoms with E-state index >= 15 is 0 Å². The third kappa shape index (κ3) is 4.90. The number of nitrogens with zero attached hydrogens (tertiary/aromatic N) is 1. The van der Waals surface area contributed by atoms with Gasteiger partial charge < -0.3 is 14.4 Å². The lowest BCUT2D eigenvalue weighted by molar-refractivity contribution is -0.134. The average Bonchev–Trinajstić information content (AvgIpc) is 2.57. The van der Waals surface area contributed by atoms with Crippen LogP contribution in [0.2, 0.25) is 0 Å². The van der Waals surface area contributed by atoms with Crippen LogP contribution in [-0.2, 0) is 21.1 Å². The van der Waals surface area contributed by atoms with Gasteiger partial charge in [-0.05, 0) is 42.0 Å². The van der Waals surface area contributed by atoms with Gasteiger partial charge in [0.15, 0.2) is 11.5 Å². The summed E-state index contributed by atoms with van der Waals surface area (Å²) in [5.74, 6) is 1.50. The summed E-state index contributed by atoms with van der Waals surface area (Å²) in [6.07, 6.45) is 2.71. The standard InChI is InChI=1S/C19H29NO5S/c1-13(2)10-16-15-12-18(25-4)17(24-3)11-14(15)6-8-20(16)19(21)7-9-26(5,22)23/h11-13,16H,6-10H2,1-5H3. The number of hydrogen-bond acceptors (Lipinski definition) is 5. The number of benzene rings is 1. The molecule has 1 amide bonds. The van der Waals surface area contributed by atoms with Gasteiger partial charge in [0.1, 0.15) is 9.84 Å². The Morgan fingerprint density at radius 2 is 1.85 bits per heavy atom. The van der Waals surface area contributed by atoms with Crippen LogP contribution in [0, 0.1) is 5.92 Å². The Morgan fingerprint density at radius 3 is 2.38 bits per heavy atom. The number of rotatable bonds is 7. The van der Waals surface area contributed by atoms with E-state index in [0.717, 1.165) is 30.2 Å². The number of carbonyl (C=O) groups excluding carboxylic acids is 1. The van der Waals surface area contributed by atoms with Gasteiger partial charge in [0.25, 0.3) is 0 Å². The highest BCUT2D eigenvalue weighted by Crippen LogP contribution is 2.40. The number of carbonyl (C=O) groups is 1. The molecule has 1 aliphatic heterocycles. The maximum atomic E-state index is 12.7. The molecule has 0 radical (unpaired) electrons. The molecule has 1 aromatic rings. The number of hydrogen-bond donors (Lipinski definition) is 0. The molecule has 26 heavy (non-hydrogen) atoms. The first-order chi connectivity index (χ1) is 12.2. The molecule has 146 valence electrons. The van der Waals surface area contributed by atoms with Crippen LogP contribution in [0.15, 0.2) is 12.1 Å². The van der Waals surface area contributed by atoms with Crippen LogP contribution in [-0.4, -0.2) is 52.0 Å². The molecule has 0 N–H and O–H groups in total. The largest absolute Gasteiger partial charge is 0.493 e. The van der Waals surface area contributed by atoms with Crippen molar-refractivity contribution in [2.45, 2.75) is 39.2 Å². The minimum atomic E-state index is -3.16. The van der Waals surface area contributed by atoms with Gasteiger partial charge in [-0.2, -0.15) is 0 Å². The van der Waals surface area contributed by atoms with Gasteiger partial charge >= 0.3 is 0 Å². The highest BCUT2D eigenvalue weighted by Gasteiger charge is 2.32. The Kier molecular flexibility index (Phi) is 6.55. The van der Waals surface area contributed by atoms with Crippen molar-refractivity contribution in [1.82, 2.24) is 4.90 Å². The van der Waals surface area contributed by atoms with E-state index in [2.05, 4.69) is 13.8 Å². The molecule has 1 unspecified atom stereocenters. The van der Waals surface area contributed by atoms with Crippen molar-refractivity contribution in [2.75, 3.05) is 32.8 Å². The average molecular weight is 384 g/mol. The van der Waals surface area contributed by atoms with E-state index in [1.54, 1.807) is 14.2 Å². The van der Waals surface area contributed by atoms with Crippen LogP contribution < -0.4 is 9.47 Å². The number of sulfone groups is 1. The molecule has 0 saturated heterocycles. The molecule has 0 saturated carbocycles. The molecule has 0 aromatic heterocycles. The first-order valence-corrected chi connectivity index (χ1v) is 10.9. The predicted octanol–water partition coefficient (Wildman–Crippen LogP) is 2.61. The Morgan fingerprint density at radius 1 is 1.23 bits per heavy atom. The van der Waals surface area contributed by atoms with Crippen LogP contribution >= 0.6 is 0 Å². The second-order valence-corrected chi connectivity index (χ2v) is 9.53. The van der Waals surface area contributed by atoms with E-state index < -0.39 is 9.84 Å². The fourth-order valence-corrected chi connectivity index (χ4v) is 3.99. The highest BCUT2D eigenvalue weighted by atomic mass is 32.2. The molecule has 1 atom stereocenters. The van der Waals surface area contributed by atoms with E-state index in [1.807, 2.05) is 17.0 Å². The molecule has 0 aliphatic carbocycles. The monoisotopic (exact) mass is 383 g/mol. The summed E-state index contributed by atoms with van der Waals surface area (Å²) in [6.45, 7) is 4.82. The first-order valence-electron chi connectivity index (χ1n) is 8.88. The van der Waals surface area contributed by atoms with Crippen LogP contribution in [0.25, 0.3) is 0 Å². The van der Waals surface area contributed by atoms with E-state index in [0.29, 0.717) is 24.0 Å². The fourth-order valence-electron chi connectivity index (χ4n) is 3.44. The summed E-state index contributed by atoms with van der Waals surface area (Å²) in [5.41, 5.74) is 2.22. The quantitative estimate of drug-likeness (QED) is 0.724. The molecule has 6 nitrogen and oxygen atoms in total. The van der Waals surface area contributed by atoms with Gasteiger partial charge in [0, 0.05) is 19.2 Å². The second-order valence-electron chi connectivity index (χ2n) is 7.27. The van der Waals surface area contributed by atoms with Crippen LogP contribution in [0.1, 0.15) is 43.9 Å². The number of methoxy groups -OCH3 is 2. The van der Waals surface area contributed by atoms with Crippen LogP contribution in [0.5, 0.6) is 11.5 Å². The maximum Gasteiger partial charge on any atom is 0.224 e. The lowest BCUT2D eigenvalue weighted by Gasteiger charge is -2.39. The SMILES string of the molecule is COc1cc2c(cc1OC)C(CC(C)C)N(C(=O)CCS(C)(=O)=O)CC2. The lowest BCUT2D eigenvalue weighted by Crippen LogP contribution is -2.41. The zero-order valence-corrected chi connectivity index (χ0v) is 17.1. The summed E-state index contributed by atoms with van der Waals surface area (Å²) in [5, 5.41) is 0. The Labute approximate surface area is 156 Å². The molecule has 1 heterocycles. The summed E-state index contributed by atoms with van der Waals surface area (Å²) >= 11 is 0. The molecule has 7 heteroatoms. The summed E-state index contributed by atoms with van der Waals surface area (Å²) in [6, 6.07) is 3.86. The van der Waals surface area contributed by atoms with Gasteiger partial charge in [-0.15, -0.1) is 0 Å². The number of fused-ring (bicyclic) bond motifs is 1. The third-order valence-corrected chi connectivity index (χ3v) is 5.65. The molecule has 0 fully saturated rings. The highest BCUT2D eigenvalue weighted by molar-refractivity contribution is 7.90. The van der Waals surface area contributed by atoms with Gasteiger partial charge in [-0.3, -0.25) is 4.79 Å². The predicted molar refractivity (Wildman–Crippen MR) is 101 cm³/mol. The van der Waals surface area contributed by atoms with Gasteiger partial charge in [0.2, 0.25) is 5.91 Å². The van der Waals surface area contributed by atoms with Crippen molar-refractivity contribution >= 4 is 15.7 Å². The topological polar surface area (TPSA) is 72.9 Å². The van der Waals surface area contributed by atoms with E-state index in [-0.39, 0.29) is 24.1 Å². The molecular formula is C19H29NO5S. The summed E-state index contributed by atoms with van der Waals surface area (Å²) in [4.78, 5) is 14.6. The van der Waals surface area contributed by atoms with Crippen molar-refractivity contribution in [3.63, 3.8) is 0 Å².